The van der Waals surface area contributed by atoms with Crippen LogP contribution < -0.4 is 10.5 Å². The summed E-state index contributed by atoms with van der Waals surface area (Å²) >= 11 is 2.97. The number of hydrogen-bond acceptors (Lipinski definition) is 3. The van der Waals surface area contributed by atoms with Crippen molar-refractivity contribution < 1.29 is 12.8 Å². The van der Waals surface area contributed by atoms with E-state index in [1.807, 2.05) is 0 Å². The Balaban J connectivity index is 2.18. The maximum absolute atomic E-state index is 13.9. The third kappa shape index (κ3) is 3.32. The first-order valence-corrected chi connectivity index (χ1v) is 8.83. The fraction of sp³-hybridized carbons (Fsp3) is 0.538. The molecule has 1 aromatic carbocycles. The van der Waals surface area contributed by atoms with Gasteiger partial charge in [0.15, 0.2) is 5.82 Å². The summed E-state index contributed by atoms with van der Waals surface area (Å²) in [6, 6.07) is 2.48. The first kappa shape index (κ1) is 15.7. The zero-order chi connectivity index (χ0) is 14.9. The van der Waals surface area contributed by atoms with Crippen LogP contribution in [0.25, 0.3) is 0 Å². The van der Waals surface area contributed by atoms with Gasteiger partial charge in [-0.2, -0.15) is 0 Å². The number of sulfonamides is 1. The summed E-state index contributed by atoms with van der Waals surface area (Å²) in [6.07, 6.45) is 3.24. The highest BCUT2D eigenvalue weighted by Gasteiger charge is 2.27. The van der Waals surface area contributed by atoms with Crippen LogP contribution in [0.5, 0.6) is 0 Å². The molecule has 2 unspecified atom stereocenters. The molecule has 0 amide bonds. The lowest BCUT2D eigenvalue weighted by atomic mass is 9.99. The van der Waals surface area contributed by atoms with Crippen molar-refractivity contribution >= 4 is 31.6 Å². The second-order valence-electron chi connectivity index (χ2n) is 5.34. The van der Waals surface area contributed by atoms with Gasteiger partial charge >= 0.3 is 0 Å². The van der Waals surface area contributed by atoms with Gasteiger partial charge in [0.2, 0.25) is 10.0 Å². The maximum Gasteiger partial charge on any atom is 0.243 e. The molecule has 0 heterocycles. The van der Waals surface area contributed by atoms with Crippen LogP contribution in [0.1, 0.15) is 26.2 Å². The molecule has 1 aliphatic carbocycles. The van der Waals surface area contributed by atoms with Crippen molar-refractivity contribution in [1.82, 2.24) is 4.72 Å². The van der Waals surface area contributed by atoms with E-state index in [4.69, 9.17) is 5.73 Å². The molecule has 1 fully saturated rings. The van der Waals surface area contributed by atoms with Gasteiger partial charge < -0.3 is 5.73 Å². The molecule has 0 saturated heterocycles. The van der Waals surface area contributed by atoms with Gasteiger partial charge in [0.05, 0.1) is 4.47 Å². The normalized spacial score (nSPS) is 23.1. The molecule has 2 atom stereocenters. The minimum atomic E-state index is -3.88. The fourth-order valence-electron chi connectivity index (χ4n) is 2.60. The van der Waals surface area contributed by atoms with Crippen LogP contribution in [0, 0.1) is 17.7 Å². The Morgan fingerprint density at radius 1 is 1.45 bits per heavy atom. The molecule has 7 heteroatoms. The summed E-state index contributed by atoms with van der Waals surface area (Å²) in [5.74, 6) is -0.00127. The topological polar surface area (TPSA) is 72.2 Å². The SMILES string of the molecule is CC1CCCC1CNS(=O)(=O)c1cc(N)cc(Br)c1F. The van der Waals surface area contributed by atoms with Gasteiger partial charge in [0.1, 0.15) is 4.90 Å². The lowest BCUT2D eigenvalue weighted by molar-refractivity contribution is 0.414. The molecule has 1 aliphatic rings. The molecule has 0 spiro atoms. The Morgan fingerprint density at radius 2 is 2.15 bits per heavy atom. The van der Waals surface area contributed by atoms with Crippen LogP contribution >= 0.6 is 15.9 Å². The van der Waals surface area contributed by atoms with Crippen molar-refractivity contribution in [2.75, 3.05) is 12.3 Å². The largest absolute Gasteiger partial charge is 0.399 e. The molecule has 0 radical (unpaired) electrons. The molecular weight excluding hydrogens is 347 g/mol. The van der Waals surface area contributed by atoms with E-state index < -0.39 is 20.7 Å². The van der Waals surface area contributed by atoms with Crippen LogP contribution in [-0.2, 0) is 10.0 Å². The molecule has 4 nitrogen and oxygen atoms in total. The highest BCUT2D eigenvalue weighted by atomic mass is 79.9. The quantitative estimate of drug-likeness (QED) is 0.806. The number of nitrogen functional groups attached to an aromatic ring is 1. The summed E-state index contributed by atoms with van der Waals surface area (Å²) in [5, 5.41) is 0. The van der Waals surface area contributed by atoms with Gasteiger partial charge in [-0.05, 0) is 46.3 Å². The fourth-order valence-corrected chi connectivity index (χ4v) is 4.43. The van der Waals surface area contributed by atoms with E-state index >= 15 is 0 Å². The van der Waals surface area contributed by atoms with Crippen molar-refractivity contribution in [2.24, 2.45) is 11.8 Å². The number of nitrogens with two attached hydrogens (primary N) is 1. The van der Waals surface area contributed by atoms with Crippen molar-refractivity contribution in [3.63, 3.8) is 0 Å². The summed E-state index contributed by atoms with van der Waals surface area (Å²) in [6.45, 7) is 2.46. The van der Waals surface area contributed by atoms with Gasteiger partial charge in [-0.3, -0.25) is 0 Å². The average molecular weight is 365 g/mol. The highest BCUT2D eigenvalue weighted by Crippen LogP contribution is 2.31. The highest BCUT2D eigenvalue weighted by molar-refractivity contribution is 9.10. The van der Waals surface area contributed by atoms with E-state index in [1.165, 1.54) is 6.07 Å². The van der Waals surface area contributed by atoms with Crippen LogP contribution in [0.15, 0.2) is 21.5 Å². The van der Waals surface area contributed by atoms with Gasteiger partial charge in [-0.25, -0.2) is 17.5 Å². The zero-order valence-electron chi connectivity index (χ0n) is 11.2. The summed E-state index contributed by atoms with van der Waals surface area (Å²) in [7, 11) is -3.88. The predicted molar refractivity (Wildman–Crippen MR) is 80.2 cm³/mol. The molecule has 2 rings (SSSR count). The molecule has 0 aliphatic heterocycles. The van der Waals surface area contributed by atoms with Crippen LogP contribution in [0.2, 0.25) is 0 Å². The Bertz CT molecular complexity index is 607. The molecule has 3 N–H and O–H groups in total. The predicted octanol–water partition coefficient (Wildman–Crippen LogP) is 2.88. The second-order valence-corrected chi connectivity index (χ2v) is 7.92. The first-order valence-electron chi connectivity index (χ1n) is 6.55. The lowest BCUT2D eigenvalue weighted by Crippen LogP contribution is -2.31. The van der Waals surface area contributed by atoms with E-state index in [0.717, 1.165) is 25.3 Å². The van der Waals surface area contributed by atoms with Crippen molar-refractivity contribution in [3.8, 4) is 0 Å². The van der Waals surface area contributed by atoms with Crippen LogP contribution in [0.4, 0.5) is 10.1 Å². The second kappa shape index (κ2) is 5.99. The van der Waals surface area contributed by atoms with E-state index in [1.54, 1.807) is 0 Å². The molecule has 0 aromatic heterocycles. The molecular formula is C13H18BrFN2O2S. The number of nitrogens with one attached hydrogen (secondary N) is 1. The molecule has 1 aromatic rings. The third-order valence-corrected chi connectivity index (χ3v) is 5.88. The molecule has 1 saturated carbocycles. The number of benzene rings is 1. The summed E-state index contributed by atoms with van der Waals surface area (Å²) in [5.41, 5.74) is 5.78. The summed E-state index contributed by atoms with van der Waals surface area (Å²) in [4.78, 5) is -0.407. The maximum atomic E-state index is 13.9. The Morgan fingerprint density at radius 3 is 2.75 bits per heavy atom. The van der Waals surface area contributed by atoms with Crippen LogP contribution in [-0.4, -0.2) is 15.0 Å². The number of halogens is 2. The number of anilines is 1. The van der Waals surface area contributed by atoms with Gasteiger partial charge in [-0.1, -0.05) is 19.8 Å². The zero-order valence-corrected chi connectivity index (χ0v) is 13.6. The third-order valence-electron chi connectivity index (χ3n) is 3.88. The van der Waals surface area contributed by atoms with Crippen molar-refractivity contribution in [3.05, 3.63) is 22.4 Å². The lowest BCUT2D eigenvalue weighted by Gasteiger charge is -2.16. The number of rotatable bonds is 4. The van der Waals surface area contributed by atoms with E-state index in [-0.39, 0.29) is 10.2 Å². The van der Waals surface area contributed by atoms with Gasteiger partial charge in [-0.15, -0.1) is 0 Å². The van der Waals surface area contributed by atoms with E-state index in [0.29, 0.717) is 18.4 Å². The monoisotopic (exact) mass is 364 g/mol. The molecule has 20 heavy (non-hydrogen) atoms. The Labute approximate surface area is 127 Å². The van der Waals surface area contributed by atoms with Gasteiger partial charge in [0, 0.05) is 12.2 Å². The smallest absolute Gasteiger partial charge is 0.243 e. The van der Waals surface area contributed by atoms with E-state index in [9.17, 15) is 12.8 Å². The Hall–Kier alpha value is -0.660. The van der Waals surface area contributed by atoms with Crippen molar-refractivity contribution in [1.29, 1.82) is 0 Å². The van der Waals surface area contributed by atoms with Crippen LogP contribution in [0.3, 0.4) is 0 Å². The average Bonchev–Trinajstić information content (AvgIpc) is 2.77. The molecule has 112 valence electrons. The minimum absolute atomic E-state index is 0.0482. The Kier molecular flexibility index (Phi) is 4.71. The van der Waals surface area contributed by atoms with Crippen molar-refractivity contribution in [2.45, 2.75) is 31.1 Å². The standard InChI is InChI=1S/C13H18BrFN2O2S/c1-8-3-2-4-9(8)7-17-20(18,19)12-6-10(16)5-11(14)13(12)15/h5-6,8-9,17H,2-4,7,16H2,1H3. The first-order chi connectivity index (χ1) is 9.31. The minimum Gasteiger partial charge on any atom is -0.399 e. The van der Waals surface area contributed by atoms with Gasteiger partial charge in [0.25, 0.3) is 0 Å². The molecule has 0 bridgehead atoms. The number of hydrogen-bond donors (Lipinski definition) is 2. The summed E-state index contributed by atoms with van der Waals surface area (Å²) < 4.78 is 40.9. The van der Waals surface area contributed by atoms with E-state index in [2.05, 4.69) is 27.6 Å².